The van der Waals surface area contributed by atoms with Gasteiger partial charge in [-0.25, -0.2) is 0 Å². The fourth-order valence-corrected chi connectivity index (χ4v) is 4.12. The minimum atomic E-state index is -0.813. The molecule has 9 heteroatoms. The maximum absolute atomic E-state index is 12.3. The Kier molecular flexibility index (Phi) is 5.32. The molecule has 2 heterocycles. The van der Waals surface area contributed by atoms with Crippen LogP contribution in [0.5, 0.6) is 0 Å². The maximum Gasteiger partial charge on any atom is 0.326 e. The van der Waals surface area contributed by atoms with Gasteiger partial charge in [0.2, 0.25) is 11.8 Å². The topological polar surface area (TPSA) is 117 Å². The number of ether oxygens (including phenoxy) is 1. The number of hydrogen-bond donors (Lipinski definition) is 1. The SMILES string of the molecule is N#Cc1ccsc1NC(=O)COC(=O)CN1C(=O)[C@@H]2CCCC[C@H]2C1=O. The molecule has 26 heavy (non-hydrogen) atoms. The molecule has 1 aliphatic carbocycles. The number of amides is 3. The van der Waals surface area contributed by atoms with Crippen molar-refractivity contribution in [3.8, 4) is 6.07 Å². The molecule has 1 N–H and O–H groups in total. The number of esters is 1. The summed E-state index contributed by atoms with van der Waals surface area (Å²) in [6.07, 6.45) is 3.16. The number of nitrogens with zero attached hydrogens (tertiary/aromatic N) is 2. The van der Waals surface area contributed by atoms with Gasteiger partial charge in [-0.05, 0) is 24.3 Å². The van der Waals surface area contributed by atoms with Crippen LogP contribution in [0.1, 0.15) is 31.2 Å². The number of anilines is 1. The van der Waals surface area contributed by atoms with Gasteiger partial charge in [-0.2, -0.15) is 5.26 Å². The third-order valence-corrected chi connectivity index (χ3v) is 5.45. The monoisotopic (exact) mass is 375 g/mol. The molecule has 2 aliphatic rings. The van der Waals surface area contributed by atoms with Gasteiger partial charge in [0.05, 0.1) is 17.4 Å². The van der Waals surface area contributed by atoms with Gasteiger partial charge < -0.3 is 10.1 Å². The molecule has 136 valence electrons. The van der Waals surface area contributed by atoms with Crippen LogP contribution in [0.15, 0.2) is 11.4 Å². The quantitative estimate of drug-likeness (QED) is 0.612. The molecule has 0 bridgehead atoms. The van der Waals surface area contributed by atoms with Crippen molar-refractivity contribution in [3.05, 3.63) is 17.0 Å². The van der Waals surface area contributed by atoms with Gasteiger partial charge in [-0.1, -0.05) is 12.8 Å². The Bertz CT molecular complexity index is 773. The van der Waals surface area contributed by atoms with E-state index in [4.69, 9.17) is 10.00 Å². The van der Waals surface area contributed by atoms with Gasteiger partial charge in [0.15, 0.2) is 6.61 Å². The van der Waals surface area contributed by atoms with Crippen LogP contribution in [0.4, 0.5) is 5.00 Å². The zero-order valence-corrected chi connectivity index (χ0v) is 14.7. The summed E-state index contributed by atoms with van der Waals surface area (Å²) in [5.41, 5.74) is 0.325. The highest BCUT2D eigenvalue weighted by molar-refractivity contribution is 7.14. The van der Waals surface area contributed by atoms with Crippen molar-refractivity contribution in [2.75, 3.05) is 18.5 Å². The number of rotatable bonds is 5. The Labute approximate surface area is 153 Å². The van der Waals surface area contributed by atoms with Crippen molar-refractivity contribution < 1.29 is 23.9 Å². The molecule has 0 aromatic carbocycles. The number of likely N-dealkylation sites (tertiary alicyclic amines) is 1. The van der Waals surface area contributed by atoms with Crippen LogP contribution < -0.4 is 5.32 Å². The second kappa shape index (κ2) is 7.66. The lowest BCUT2D eigenvalue weighted by atomic mass is 9.81. The molecular formula is C17H17N3O5S. The minimum absolute atomic E-state index is 0.321. The van der Waals surface area contributed by atoms with Crippen molar-refractivity contribution in [3.63, 3.8) is 0 Å². The smallest absolute Gasteiger partial charge is 0.326 e. The van der Waals surface area contributed by atoms with Crippen molar-refractivity contribution >= 4 is 40.0 Å². The van der Waals surface area contributed by atoms with E-state index in [2.05, 4.69) is 5.32 Å². The number of thiophene rings is 1. The summed E-state index contributed by atoms with van der Waals surface area (Å²) < 4.78 is 4.86. The molecule has 1 aromatic heterocycles. The normalized spacial score (nSPS) is 21.9. The third kappa shape index (κ3) is 3.60. The van der Waals surface area contributed by atoms with Crippen molar-refractivity contribution in [1.29, 1.82) is 5.26 Å². The molecule has 3 rings (SSSR count). The van der Waals surface area contributed by atoms with E-state index in [0.717, 1.165) is 17.7 Å². The second-order valence-electron chi connectivity index (χ2n) is 6.24. The zero-order valence-electron chi connectivity index (χ0n) is 13.9. The van der Waals surface area contributed by atoms with E-state index in [-0.39, 0.29) is 23.7 Å². The van der Waals surface area contributed by atoms with E-state index >= 15 is 0 Å². The number of imide groups is 1. The number of carbonyl (C=O) groups is 4. The predicted octanol–water partition coefficient (Wildman–Crippen LogP) is 1.28. The molecule has 8 nitrogen and oxygen atoms in total. The van der Waals surface area contributed by atoms with Gasteiger partial charge in [0.25, 0.3) is 5.91 Å². The molecule has 0 radical (unpaired) electrons. The summed E-state index contributed by atoms with van der Waals surface area (Å²) in [7, 11) is 0. The van der Waals surface area contributed by atoms with E-state index in [1.54, 1.807) is 11.4 Å². The predicted molar refractivity (Wildman–Crippen MR) is 90.8 cm³/mol. The van der Waals surface area contributed by atoms with Crippen LogP contribution in [0, 0.1) is 23.2 Å². The van der Waals surface area contributed by atoms with Crippen molar-refractivity contribution in [1.82, 2.24) is 4.90 Å². The summed E-state index contributed by atoms with van der Waals surface area (Å²) in [6, 6.07) is 3.50. The van der Waals surface area contributed by atoms with Gasteiger partial charge >= 0.3 is 5.97 Å². The first kappa shape index (κ1) is 18.1. The van der Waals surface area contributed by atoms with Crippen molar-refractivity contribution in [2.45, 2.75) is 25.7 Å². The van der Waals surface area contributed by atoms with Gasteiger partial charge in [-0.3, -0.25) is 24.1 Å². The number of nitriles is 1. The van der Waals surface area contributed by atoms with E-state index in [0.29, 0.717) is 23.4 Å². The summed E-state index contributed by atoms with van der Waals surface area (Å²) in [6.45, 7) is -1.02. The lowest BCUT2D eigenvalue weighted by Crippen LogP contribution is -2.37. The Balaban J connectivity index is 1.50. The Morgan fingerprint density at radius 1 is 1.27 bits per heavy atom. The number of carbonyl (C=O) groups excluding carboxylic acids is 4. The van der Waals surface area contributed by atoms with Crippen molar-refractivity contribution in [2.24, 2.45) is 11.8 Å². The Morgan fingerprint density at radius 2 is 1.92 bits per heavy atom. The fourth-order valence-electron chi connectivity index (χ4n) is 3.36. The van der Waals surface area contributed by atoms with E-state index in [1.165, 1.54) is 11.3 Å². The maximum atomic E-state index is 12.3. The average molecular weight is 375 g/mol. The highest BCUT2D eigenvalue weighted by atomic mass is 32.1. The average Bonchev–Trinajstić information content (AvgIpc) is 3.18. The first-order chi connectivity index (χ1) is 12.5. The summed E-state index contributed by atoms with van der Waals surface area (Å²) in [4.78, 5) is 49.3. The van der Waals surface area contributed by atoms with E-state index < -0.39 is 25.0 Å². The van der Waals surface area contributed by atoms with E-state index in [1.807, 2.05) is 6.07 Å². The molecule has 1 aliphatic heterocycles. The van der Waals surface area contributed by atoms with Gasteiger partial charge in [-0.15, -0.1) is 11.3 Å². The number of fused-ring (bicyclic) bond motifs is 1. The lowest BCUT2D eigenvalue weighted by Gasteiger charge is -2.19. The fraction of sp³-hybridized carbons (Fsp3) is 0.471. The van der Waals surface area contributed by atoms with Crippen LogP contribution in [0.25, 0.3) is 0 Å². The molecule has 1 aromatic rings. The molecular weight excluding hydrogens is 358 g/mol. The van der Waals surface area contributed by atoms with Gasteiger partial charge in [0.1, 0.15) is 17.6 Å². The molecule has 1 saturated heterocycles. The second-order valence-corrected chi connectivity index (χ2v) is 7.16. The Morgan fingerprint density at radius 3 is 2.54 bits per heavy atom. The summed E-state index contributed by atoms with van der Waals surface area (Å²) >= 11 is 1.18. The number of hydrogen-bond acceptors (Lipinski definition) is 7. The molecule has 2 fully saturated rings. The minimum Gasteiger partial charge on any atom is -0.454 e. The molecule has 2 atom stereocenters. The van der Waals surface area contributed by atoms with Crippen LogP contribution in [-0.4, -0.2) is 41.7 Å². The Hall–Kier alpha value is -2.73. The lowest BCUT2D eigenvalue weighted by molar-refractivity contribution is -0.154. The third-order valence-electron chi connectivity index (χ3n) is 4.62. The first-order valence-electron chi connectivity index (χ1n) is 8.29. The standard InChI is InChI=1S/C17H17N3O5S/c18-7-10-5-6-26-15(10)19-13(21)9-25-14(22)8-20-16(23)11-3-1-2-4-12(11)17(20)24/h5-6,11-12H,1-4,8-9H2,(H,19,21)/t11-,12-/m1/s1. The zero-order chi connectivity index (χ0) is 18.7. The summed E-state index contributed by atoms with van der Waals surface area (Å²) in [5, 5.41) is 13.4. The first-order valence-corrected chi connectivity index (χ1v) is 9.17. The van der Waals surface area contributed by atoms with Crippen LogP contribution in [0.2, 0.25) is 0 Å². The van der Waals surface area contributed by atoms with E-state index in [9.17, 15) is 19.2 Å². The van der Waals surface area contributed by atoms with Crippen LogP contribution in [0.3, 0.4) is 0 Å². The largest absolute Gasteiger partial charge is 0.454 e. The highest BCUT2D eigenvalue weighted by Gasteiger charge is 2.48. The van der Waals surface area contributed by atoms with Gasteiger partial charge in [0, 0.05) is 0 Å². The molecule has 0 unspecified atom stereocenters. The molecule has 1 saturated carbocycles. The molecule has 0 spiro atoms. The van der Waals surface area contributed by atoms with Crippen LogP contribution in [-0.2, 0) is 23.9 Å². The highest BCUT2D eigenvalue weighted by Crippen LogP contribution is 2.37. The number of nitrogens with one attached hydrogen (secondary N) is 1. The molecule has 3 amide bonds. The summed E-state index contributed by atoms with van der Waals surface area (Å²) in [5.74, 6) is -2.69. The van der Waals surface area contributed by atoms with Crippen LogP contribution >= 0.6 is 11.3 Å².